The van der Waals surface area contributed by atoms with Gasteiger partial charge in [-0.25, -0.2) is 0 Å². The van der Waals surface area contributed by atoms with Crippen molar-refractivity contribution in [3.8, 4) is 11.5 Å². The van der Waals surface area contributed by atoms with E-state index in [0.29, 0.717) is 6.54 Å². The Hall–Kier alpha value is -2.39. The molecule has 0 saturated heterocycles. The van der Waals surface area contributed by atoms with Crippen molar-refractivity contribution >= 4 is 10.9 Å². The summed E-state index contributed by atoms with van der Waals surface area (Å²) >= 11 is 0. The summed E-state index contributed by atoms with van der Waals surface area (Å²) in [5, 5.41) is 1.07. The number of rotatable bonds is 3. The van der Waals surface area contributed by atoms with Gasteiger partial charge in [-0.1, -0.05) is 30.3 Å². The van der Waals surface area contributed by atoms with Crippen LogP contribution in [0.5, 0.6) is 11.5 Å². The highest BCUT2D eigenvalue weighted by atomic mass is 16.5. The zero-order chi connectivity index (χ0) is 13.9. The second kappa shape index (κ2) is 5.31. The zero-order valence-electron chi connectivity index (χ0n) is 11.3. The molecule has 1 aromatic heterocycles. The molecule has 100 valence electrons. The van der Waals surface area contributed by atoms with Gasteiger partial charge in [-0.2, -0.15) is 0 Å². The number of hydrogen-bond donors (Lipinski definition) is 1. The Labute approximate surface area is 118 Å². The molecule has 0 bridgehead atoms. The molecule has 2 N–H and O–H groups in total. The van der Waals surface area contributed by atoms with Crippen LogP contribution in [0.3, 0.4) is 0 Å². The number of nitrogens with zero attached hydrogens (tertiary/aromatic N) is 1. The molecule has 0 atom stereocenters. The second-order valence-corrected chi connectivity index (χ2v) is 4.74. The molecule has 0 saturated carbocycles. The van der Waals surface area contributed by atoms with Gasteiger partial charge in [0.15, 0.2) is 5.75 Å². The fraction of sp³-hybridized carbons (Fsp3) is 0.118. The first-order valence-electron chi connectivity index (χ1n) is 6.59. The Kier molecular flexibility index (Phi) is 3.35. The predicted molar refractivity (Wildman–Crippen MR) is 80.9 cm³/mol. The van der Waals surface area contributed by atoms with Crippen LogP contribution in [0.2, 0.25) is 0 Å². The van der Waals surface area contributed by atoms with Crippen LogP contribution in [0.25, 0.3) is 10.9 Å². The van der Waals surface area contributed by atoms with Gasteiger partial charge in [-0.3, -0.25) is 4.98 Å². The van der Waals surface area contributed by atoms with Crippen molar-refractivity contribution in [2.45, 2.75) is 13.5 Å². The van der Waals surface area contributed by atoms with Crippen LogP contribution in [0.1, 0.15) is 11.1 Å². The fourth-order valence-electron chi connectivity index (χ4n) is 2.16. The van der Waals surface area contributed by atoms with E-state index >= 15 is 0 Å². The number of benzene rings is 2. The molecule has 2 aromatic carbocycles. The molecular formula is C17H16N2O. The average Bonchev–Trinajstić information content (AvgIpc) is 2.50. The van der Waals surface area contributed by atoms with Crippen molar-refractivity contribution in [1.29, 1.82) is 0 Å². The summed E-state index contributed by atoms with van der Waals surface area (Å²) in [5.41, 5.74) is 8.69. The molecule has 20 heavy (non-hydrogen) atoms. The SMILES string of the molecule is Cc1ccc(CN)cc1Oc1cccc2cccnc12. The van der Waals surface area contributed by atoms with Gasteiger partial charge in [-0.15, -0.1) is 0 Å². The third kappa shape index (κ3) is 2.36. The number of nitrogens with two attached hydrogens (primary N) is 1. The first-order chi connectivity index (χ1) is 9.78. The molecule has 0 radical (unpaired) electrons. The quantitative estimate of drug-likeness (QED) is 0.782. The lowest BCUT2D eigenvalue weighted by molar-refractivity contribution is 0.482. The van der Waals surface area contributed by atoms with Crippen molar-refractivity contribution in [3.05, 3.63) is 65.9 Å². The Morgan fingerprint density at radius 3 is 2.75 bits per heavy atom. The molecular weight excluding hydrogens is 248 g/mol. The van der Waals surface area contributed by atoms with E-state index in [-0.39, 0.29) is 0 Å². The van der Waals surface area contributed by atoms with Crippen molar-refractivity contribution in [1.82, 2.24) is 4.98 Å². The minimum absolute atomic E-state index is 0.504. The van der Waals surface area contributed by atoms with Gasteiger partial charge in [-0.05, 0) is 36.2 Å². The Morgan fingerprint density at radius 2 is 1.90 bits per heavy atom. The van der Waals surface area contributed by atoms with Crippen molar-refractivity contribution in [2.75, 3.05) is 0 Å². The van der Waals surface area contributed by atoms with E-state index in [1.165, 1.54) is 0 Å². The number of aryl methyl sites for hydroxylation is 1. The highest BCUT2D eigenvalue weighted by Gasteiger charge is 2.07. The van der Waals surface area contributed by atoms with Gasteiger partial charge >= 0.3 is 0 Å². The van der Waals surface area contributed by atoms with Gasteiger partial charge in [0.05, 0.1) is 0 Å². The van der Waals surface area contributed by atoms with Gasteiger partial charge < -0.3 is 10.5 Å². The number of hydrogen-bond acceptors (Lipinski definition) is 3. The number of para-hydroxylation sites is 1. The van der Waals surface area contributed by atoms with E-state index in [4.69, 9.17) is 10.5 Å². The van der Waals surface area contributed by atoms with E-state index in [2.05, 4.69) is 4.98 Å². The molecule has 0 aliphatic heterocycles. The molecule has 3 rings (SSSR count). The van der Waals surface area contributed by atoms with Gasteiger partial charge in [0.2, 0.25) is 0 Å². The summed E-state index contributed by atoms with van der Waals surface area (Å²) in [4.78, 5) is 4.40. The summed E-state index contributed by atoms with van der Waals surface area (Å²) in [6, 6.07) is 15.9. The molecule has 1 heterocycles. The third-order valence-corrected chi connectivity index (χ3v) is 3.30. The highest BCUT2D eigenvalue weighted by molar-refractivity contribution is 5.84. The maximum absolute atomic E-state index is 6.05. The summed E-state index contributed by atoms with van der Waals surface area (Å²) in [6.07, 6.45) is 1.78. The number of fused-ring (bicyclic) bond motifs is 1. The summed E-state index contributed by atoms with van der Waals surface area (Å²) < 4.78 is 6.05. The van der Waals surface area contributed by atoms with Crippen LogP contribution in [0, 0.1) is 6.92 Å². The minimum atomic E-state index is 0.504. The normalized spacial score (nSPS) is 10.7. The Bertz CT molecular complexity index is 748. The van der Waals surface area contributed by atoms with Crippen LogP contribution in [-0.4, -0.2) is 4.98 Å². The summed E-state index contributed by atoms with van der Waals surface area (Å²) in [5.74, 6) is 1.59. The van der Waals surface area contributed by atoms with Gasteiger partial charge in [0.1, 0.15) is 11.3 Å². The smallest absolute Gasteiger partial charge is 0.153 e. The molecule has 0 unspecified atom stereocenters. The van der Waals surface area contributed by atoms with Crippen LogP contribution in [0.4, 0.5) is 0 Å². The highest BCUT2D eigenvalue weighted by Crippen LogP contribution is 2.30. The number of aromatic nitrogens is 1. The predicted octanol–water partition coefficient (Wildman–Crippen LogP) is 3.79. The second-order valence-electron chi connectivity index (χ2n) is 4.74. The molecule has 0 aliphatic carbocycles. The van der Waals surface area contributed by atoms with Crippen molar-refractivity contribution in [3.63, 3.8) is 0 Å². The molecule has 0 aliphatic rings. The monoisotopic (exact) mass is 264 g/mol. The molecule has 0 fully saturated rings. The molecule has 0 spiro atoms. The fourth-order valence-corrected chi connectivity index (χ4v) is 2.16. The maximum atomic E-state index is 6.05. The van der Waals surface area contributed by atoms with Crippen LogP contribution in [0.15, 0.2) is 54.7 Å². The van der Waals surface area contributed by atoms with E-state index < -0.39 is 0 Å². The van der Waals surface area contributed by atoms with Crippen LogP contribution >= 0.6 is 0 Å². The lowest BCUT2D eigenvalue weighted by Gasteiger charge is -2.11. The minimum Gasteiger partial charge on any atom is -0.455 e. The van der Waals surface area contributed by atoms with Crippen LogP contribution < -0.4 is 10.5 Å². The lowest BCUT2D eigenvalue weighted by atomic mass is 10.1. The maximum Gasteiger partial charge on any atom is 0.153 e. The third-order valence-electron chi connectivity index (χ3n) is 3.30. The van der Waals surface area contributed by atoms with E-state index in [1.54, 1.807) is 6.20 Å². The van der Waals surface area contributed by atoms with Crippen molar-refractivity contribution in [2.24, 2.45) is 5.73 Å². The average molecular weight is 264 g/mol. The zero-order valence-corrected chi connectivity index (χ0v) is 11.3. The largest absolute Gasteiger partial charge is 0.455 e. The molecule has 0 amide bonds. The van der Waals surface area contributed by atoms with E-state index in [9.17, 15) is 0 Å². The first-order valence-corrected chi connectivity index (χ1v) is 6.59. The lowest BCUT2D eigenvalue weighted by Crippen LogP contribution is -1.97. The number of ether oxygens (including phenoxy) is 1. The Balaban J connectivity index is 2.05. The van der Waals surface area contributed by atoms with Crippen LogP contribution in [-0.2, 0) is 6.54 Å². The topological polar surface area (TPSA) is 48.1 Å². The standard InChI is InChI=1S/C17H16N2O/c1-12-7-8-13(11-18)10-16(12)20-15-6-2-4-14-5-3-9-19-17(14)15/h2-10H,11,18H2,1H3. The van der Waals surface area contributed by atoms with E-state index in [0.717, 1.165) is 33.5 Å². The summed E-state index contributed by atoms with van der Waals surface area (Å²) in [7, 11) is 0. The van der Waals surface area contributed by atoms with E-state index in [1.807, 2.05) is 55.5 Å². The van der Waals surface area contributed by atoms with Crippen molar-refractivity contribution < 1.29 is 4.74 Å². The van der Waals surface area contributed by atoms with Gasteiger partial charge in [0.25, 0.3) is 0 Å². The Morgan fingerprint density at radius 1 is 1.05 bits per heavy atom. The summed E-state index contributed by atoms with van der Waals surface area (Å²) in [6.45, 7) is 2.53. The first kappa shape index (κ1) is 12.6. The molecule has 3 nitrogen and oxygen atoms in total. The molecule has 3 aromatic rings. The number of pyridine rings is 1. The van der Waals surface area contributed by atoms with Gasteiger partial charge in [0, 0.05) is 18.1 Å². The molecule has 3 heteroatoms.